The first-order valence-corrected chi connectivity index (χ1v) is 10.0. The Labute approximate surface area is 152 Å². The van der Waals surface area contributed by atoms with Crippen LogP contribution < -0.4 is 0 Å². The van der Waals surface area contributed by atoms with Crippen LogP contribution in [-0.2, 0) is 9.47 Å². The zero-order chi connectivity index (χ0) is 17.3. The minimum absolute atomic E-state index is 0.00805. The maximum Gasteiger partial charge on any atom is 0.254 e. The lowest BCUT2D eigenvalue weighted by molar-refractivity contribution is -0.0118. The molecule has 3 aliphatic heterocycles. The fraction of sp³-hybridized carbons (Fsp3) is 0.632. The molecule has 3 saturated heterocycles. The van der Waals surface area contributed by atoms with Crippen LogP contribution in [0.15, 0.2) is 24.3 Å². The zero-order valence-corrected chi connectivity index (χ0v) is 15.2. The molecule has 3 heterocycles. The van der Waals surface area contributed by atoms with E-state index in [1.54, 1.807) is 18.2 Å². The van der Waals surface area contributed by atoms with Crippen molar-refractivity contribution in [3.8, 4) is 5.75 Å². The fourth-order valence-corrected chi connectivity index (χ4v) is 5.48. The van der Waals surface area contributed by atoms with Gasteiger partial charge in [0.05, 0.1) is 10.9 Å². The molecule has 4 rings (SSSR count). The average molecular weight is 363 g/mol. The number of rotatable bonds is 4. The molecule has 3 fully saturated rings. The molecule has 0 saturated carbocycles. The smallest absolute Gasteiger partial charge is 0.254 e. The first kappa shape index (κ1) is 17.2. The molecule has 1 atom stereocenters. The third kappa shape index (κ3) is 3.81. The Hall–Kier alpha value is -1.24. The van der Waals surface area contributed by atoms with Crippen molar-refractivity contribution in [1.82, 2.24) is 4.90 Å². The number of aromatic hydroxyl groups is 1. The van der Waals surface area contributed by atoms with E-state index in [9.17, 15) is 9.90 Å². The topological polar surface area (TPSA) is 59.0 Å². The summed E-state index contributed by atoms with van der Waals surface area (Å²) in [5.74, 6) is 1.81. The van der Waals surface area contributed by atoms with Gasteiger partial charge in [0.25, 0.3) is 5.91 Å². The van der Waals surface area contributed by atoms with Gasteiger partial charge >= 0.3 is 0 Å². The van der Waals surface area contributed by atoms with Crippen LogP contribution in [0.1, 0.15) is 29.6 Å². The molecule has 0 radical (unpaired) electrons. The van der Waals surface area contributed by atoms with Crippen LogP contribution in [0.4, 0.5) is 0 Å². The zero-order valence-electron chi connectivity index (χ0n) is 14.4. The first-order chi connectivity index (χ1) is 12.1. The second kappa shape index (κ2) is 7.17. The Morgan fingerprint density at radius 2 is 2.16 bits per heavy atom. The molecular formula is C19H25NO4S. The van der Waals surface area contributed by atoms with E-state index < -0.39 is 0 Å². The van der Waals surface area contributed by atoms with Crippen LogP contribution in [0.25, 0.3) is 0 Å². The molecular weight excluding hydrogens is 338 g/mol. The number of carbonyl (C=O) groups is 1. The monoisotopic (exact) mass is 363 g/mol. The molecule has 25 heavy (non-hydrogen) atoms. The van der Waals surface area contributed by atoms with E-state index in [1.807, 2.05) is 16.7 Å². The molecule has 0 aliphatic carbocycles. The summed E-state index contributed by atoms with van der Waals surface area (Å²) in [6, 6.07) is 6.59. The Morgan fingerprint density at radius 1 is 1.36 bits per heavy atom. The molecule has 1 amide bonds. The molecule has 0 bridgehead atoms. The van der Waals surface area contributed by atoms with Crippen molar-refractivity contribution in [2.45, 2.75) is 30.1 Å². The standard InChI is InChI=1S/C19H25NO4S/c21-16-3-1-2-15(8-16)18(22)20-12-19(13-20)9-17(11-25-19)24-10-14-4-6-23-7-5-14/h1-3,8,14,17,21H,4-7,9-13H2/t17-/m0/s1. The van der Waals surface area contributed by atoms with Crippen molar-refractivity contribution in [3.63, 3.8) is 0 Å². The molecule has 1 aromatic carbocycles. The maximum atomic E-state index is 12.5. The predicted octanol–water partition coefficient (Wildman–Crippen LogP) is 2.54. The van der Waals surface area contributed by atoms with Gasteiger partial charge in [0, 0.05) is 44.2 Å². The molecule has 1 spiro atoms. The van der Waals surface area contributed by atoms with E-state index in [0.717, 1.165) is 57.9 Å². The van der Waals surface area contributed by atoms with Crippen molar-refractivity contribution in [2.24, 2.45) is 5.92 Å². The SMILES string of the molecule is O=C(c1cccc(O)c1)N1CC2(C[C@H](OCC3CCOCC3)CS2)C1. The molecule has 5 nitrogen and oxygen atoms in total. The number of benzene rings is 1. The third-order valence-electron chi connectivity index (χ3n) is 5.42. The predicted molar refractivity (Wildman–Crippen MR) is 97.1 cm³/mol. The normalized spacial score (nSPS) is 25.9. The molecule has 1 aromatic rings. The van der Waals surface area contributed by atoms with Gasteiger partial charge in [-0.3, -0.25) is 4.79 Å². The Morgan fingerprint density at radius 3 is 2.92 bits per heavy atom. The van der Waals surface area contributed by atoms with E-state index >= 15 is 0 Å². The van der Waals surface area contributed by atoms with Gasteiger partial charge < -0.3 is 19.5 Å². The van der Waals surface area contributed by atoms with Crippen LogP contribution in [0.5, 0.6) is 5.75 Å². The Bertz CT molecular complexity index is 626. The van der Waals surface area contributed by atoms with Crippen LogP contribution in [-0.4, -0.2) is 65.4 Å². The number of carbonyl (C=O) groups excluding carboxylic acids is 1. The highest BCUT2D eigenvalue weighted by atomic mass is 32.2. The number of hydrogen-bond acceptors (Lipinski definition) is 5. The van der Waals surface area contributed by atoms with Gasteiger partial charge in [-0.15, -0.1) is 11.8 Å². The minimum atomic E-state index is 0.00805. The highest BCUT2D eigenvalue weighted by molar-refractivity contribution is 8.01. The Balaban J connectivity index is 1.25. The number of amides is 1. The van der Waals surface area contributed by atoms with Gasteiger partial charge in [-0.2, -0.15) is 0 Å². The van der Waals surface area contributed by atoms with Crippen LogP contribution >= 0.6 is 11.8 Å². The molecule has 6 heteroatoms. The second-order valence-electron chi connectivity index (χ2n) is 7.42. The van der Waals surface area contributed by atoms with Crippen molar-refractivity contribution >= 4 is 17.7 Å². The first-order valence-electron chi connectivity index (χ1n) is 9.05. The van der Waals surface area contributed by atoms with Crippen molar-refractivity contribution in [1.29, 1.82) is 0 Å². The average Bonchev–Trinajstić information content (AvgIpc) is 3.04. The summed E-state index contributed by atoms with van der Waals surface area (Å²) in [7, 11) is 0. The summed E-state index contributed by atoms with van der Waals surface area (Å²) in [5.41, 5.74) is 0.560. The lowest BCUT2D eigenvalue weighted by Crippen LogP contribution is -2.60. The quantitative estimate of drug-likeness (QED) is 0.891. The minimum Gasteiger partial charge on any atom is -0.508 e. The summed E-state index contributed by atoms with van der Waals surface area (Å²) in [5, 5.41) is 9.54. The van der Waals surface area contributed by atoms with Gasteiger partial charge in [-0.1, -0.05) is 6.07 Å². The maximum absolute atomic E-state index is 12.5. The summed E-state index contributed by atoms with van der Waals surface area (Å²) < 4.78 is 11.7. The highest BCUT2D eigenvalue weighted by Gasteiger charge is 2.51. The second-order valence-corrected chi connectivity index (χ2v) is 8.91. The number of thioether (sulfide) groups is 1. The van der Waals surface area contributed by atoms with E-state index in [-0.39, 0.29) is 16.4 Å². The molecule has 1 N–H and O–H groups in total. The lowest BCUT2D eigenvalue weighted by Gasteiger charge is -2.47. The highest BCUT2D eigenvalue weighted by Crippen LogP contribution is 2.46. The van der Waals surface area contributed by atoms with Gasteiger partial charge in [0.2, 0.25) is 0 Å². The summed E-state index contributed by atoms with van der Waals surface area (Å²) in [6.45, 7) is 4.14. The van der Waals surface area contributed by atoms with Gasteiger partial charge in [-0.05, 0) is 43.4 Å². The van der Waals surface area contributed by atoms with Gasteiger partial charge in [0.15, 0.2) is 0 Å². The van der Waals surface area contributed by atoms with Crippen molar-refractivity contribution < 1.29 is 19.4 Å². The van der Waals surface area contributed by atoms with Crippen LogP contribution in [0.3, 0.4) is 0 Å². The number of ether oxygens (including phenoxy) is 2. The molecule has 0 aromatic heterocycles. The summed E-state index contributed by atoms with van der Waals surface area (Å²) in [4.78, 5) is 14.4. The van der Waals surface area contributed by atoms with Crippen molar-refractivity contribution in [3.05, 3.63) is 29.8 Å². The van der Waals surface area contributed by atoms with E-state index in [0.29, 0.717) is 17.6 Å². The van der Waals surface area contributed by atoms with Crippen LogP contribution in [0, 0.1) is 5.92 Å². The van der Waals surface area contributed by atoms with E-state index in [1.165, 1.54) is 6.07 Å². The number of nitrogens with zero attached hydrogens (tertiary/aromatic N) is 1. The van der Waals surface area contributed by atoms with Crippen LogP contribution in [0.2, 0.25) is 0 Å². The number of hydrogen-bond donors (Lipinski definition) is 1. The number of likely N-dealkylation sites (tertiary alicyclic amines) is 1. The molecule has 0 unspecified atom stereocenters. The third-order valence-corrected chi connectivity index (χ3v) is 7.00. The van der Waals surface area contributed by atoms with Gasteiger partial charge in [-0.25, -0.2) is 0 Å². The number of phenols is 1. The Kier molecular flexibility index (Phi) is 4.93. The molecule has 3 aliphatic rings. The van der Waals surface area contributed by atoms with E-state index in [4.69, 9.17) is 9.47 Å². The molecule has 136 valence electrons. The summed E-state index contributed by atoms with van der Waals surface area (Å²) >= 11 is 1.95. The van der Waals surface area contributed by atoms with Crippen molar-refractivity contribution in [2.75, 3.05) is 38.7 Å². The van der Waals surface area contributed by atoms with Gasteiger partial charge in [0.1, 0.15) is 5.75 Å². The number of phenolic OH excluding ortho intramolecular Hbond substituents is 1. The summed E-state index contributed by atoms with van der Waals surface area (Å²) in [6.07, 6.45) is 3.56. The fourth-order valence-electron chi connectivity index (χ4n) is 3.93. The largest absolute Gasteiger partial charge is 0.508 e. The lowest BCUT2D eigenvalue weighted by atomic mass is 9.92. The van der Waals surface area contributed by atoms with E-state index in [2.05, 4.69) is 0 Å².